The summed E-state index contributed by atoms with van der Waals surface area (Å²) in [5.74, 6) is 0.160. The first-order valence-corrected chi connectivity index (χ1v) is 8.08. The van der Waals surface area contributed by atoms with Crippen LogP contribution in [0.2, 0.25) is 0 Å². The molecule has 3 aromatic rings. The molecule has 0 radical (unpaired) electrons. The zero-order chi connectivity index (χ0) is 17.3. The molecule has 0 spiro atoms. The number of rotatable bonds is 5. The van der Waals surface area contributed by atoms with Gasteiger partial charge in [-0.1, -0.05) is 11.3 Å². The van der Waals surface area contributed by atoms with Gasteiger partial charge in [-0.2, -0.15) is 0 Å². The average molecular weight is 349 g/mol. The Bertz CT molecular complexity index is 928. The highest BCUT2D eigenvalue weighted by Crippen LogP contribution is 2.26. The number of aryl methyl sites for hydroxylation is 1. The Kier molecular flexibility index (Phi) is 4.56. The number of methoxy groups -OCH3 is 1. The van der Waals surface area contributed by atoms with E-state index in [9.17, 15) is 13.2 Å². The third-order valence-corrected chi connectivity index (χ3v) is 3.98. The summed E-state index contributed by atoms with van der Waals surface area (Å²) >= 11 is -2.39. The third kappa shape index (κ3) is 3.14. The first-order valence-electron chi connectivity index (χ1n) is 7.01. The zero-order valence-electron chi connectivity index (χ0n) is 12.9. The van der Waals surface area contributed by atoms with E-state index < -0.39 is 17.1 Å². The topological polar surface area (TPSA) is 92.1 Å². The Morgan fingerprint density at radius 1 is 1.38 bits per heavy atom. The van der Waals surface area contributed by atoms with Gasteiger partial charge in [-0.15, -0.1) is 5.10 Å². The van der Waals surface area contributed by atoms with E-state index in [-0.39, 0.29) is 12.2 Å². The Morgan fingerprint density at radius 3 is 2.83 bits per heavy atom. The van der Waals surface area contributed by atoms with Gasteiger partial charge in [0.05, 0.1) is 12.6 Å². The fourth-order valence-corrected chi connectivity index (χ4v) is 2.71. The van der Waals surface area contributed by atoms with Crippen LogP contribution in [0.3, 0.4) is 0 Å². The molecular formula is C15H14FN4O3S-. The quantitative estimate of drug-likeness (QED) is 0.709. The lowest BCUT2D eigenvalue weighted by atomic mass is 10.1. The minimum absolute atomic E-state index is 0.0156. The number of hydrogen-bond donors (Lipinski definition) is 1. The summed E-state index contributed by atoms with van der Waals surface area (Å²) < 4.78 is 44.3. The molecule has 1 unspecified atom stereocenters. The summed E-state index contributed by atoms with van der Waals surface area (Å²) in [6.45, 7) is 1.89. The molecule has 126 valence electrons. The summed E-state index contributed by atoms with van der Waals surface area (Å²) in [6, 6.07) is 7.99. The van der Waals surface area contributed by atoms with Crippen LogP contribution in [-0.4, -0.2) is 30.9 Å². The summed E-state index contributed by atoms with van der Waals surface area (Å²) in [6.07, 6.45) is 0. The zero-order valence-corrected chi connectivity index (χ0v) is 13.8. The molecule has 0 aliphatic carbocycles. The van der Waals surface area contributed by atoms with E-state index in [2.05, 4.69) is 15.0 Å². The summed E-state index contributed by atoms with van der Waals surface area (Å²) in [5, 5.41) is 8.04. The lowest BCUT2D eigenvalue weighted by Crippen LogP contribution is -2.15. The summed E-state index contributed by atoms with van der Waals surface area (Å²) in [7, 11) is 1.57. The predicted octanol–water partition coefficient (Wildman–Crippen LogP) is 1.76. The number of halogens is 1. The monoisotopic (exact) mass is 349 g/mol. The maximum Gasteiger partial charge on any atom is 0.149 e. The summed E-state index contributed by atoms with van der Waals surface area (Å²) in [4.78, 5) is 0. The minimum atomic E-state index is -2.39. The predicted molar refractivity (Wildman–Crippen MR) is 85.9 cm³/mol. The minimum Gasteiger partial charge on any atom is -0.760 e. The first kappa shape index (κ1) is 16.5. The van der Waals surface area contributed by atoms with E-state index in [1.165, 1.54) is 16.8 Å². The first-order chi connectivity index (χ1) is 11.5. The maximum atomic E-state index is 14.4. The molecule has 1 aromatic heterocycles. The van der Waals surface area contributed by atoms with Gasteiger partial charge in [0.1, 0.15) is 22.8 Å². The Labute approximate surface area is 139 Å². The molecule has 0 aliphatic heterocycles. The molecule has 0 bridgehead atoms. The molecule has 2 aromatic carbocycles. The molecular weight excluding hydrogens is 335 g/mol. The van der Waals surface area contributed by atoms with Gasteiger partial charge in [0.25, 0.3) is 0 Å². The lowest BCUT2D eigenvalue weighted by molar-refractivity contribution is 0.412. The van der Waals surface area contributed by atoms with Crippen LogP contribution in [-0.2, 0) is 17.8 Å². The van der Waals surface area contributed by atoms with Gasteiger partial charge in [0.2, 0.25) is 0 Å². The van der Waals surface area contributed by atoms with Crippen molar-refractivity contribution in [2.75, 3.05) is 7.11 Å². The standard InChI is InChI=1S/C15H15FN4O3S/c1-9-5-14-12(7-15(9)23-2)18-19-20(14)13-4-3-10(6-11(13)16)8-17-24(21)22/h3-7,17H,8H2,1-2H3,(H,21,22)/p-1. The number of hydrogen-bond acceptors (Lipinski definition) is 5. The van der Waals surface area contributed by atoms with Crippen LogP contribution in [0, 0.1) is 12.7 Å². The second-order valence-electron chi connectivity index (χ2n) is 5.15. The van der Waals surface area contributed by atoms with Crippen molar-refractivity contribution in [1.82, 2.24) is 19.7 Å². The lowest BCUT2D eigenvalue weighted by Gasteiger charge is -2.10. The molecule has 3 rings (SSSR count). The van der Waals surface area contributed by atoms with E-state index in [1.54, 1.807) is 19.2 Å². The molecule has 1 heterocycles. The van der Waals surface area contributed by atoms with Crippen molar-refractivity contribution in [2.24, 2.45) is 0 Å². The fourth-order valence-electron chi connectivity index (χ4n) is 2.43. The number of nitrogens with one attached hydrogen (secondary N) is 1. The van der Waals surface area contributed by atoms with Gasteiger partial charge in [0.15, 0.2) is 0 Å². The van der Waals surface area contributed by atoms with Gasteiger partial charge in [-0.05, 0) is 36.2 Å². The van der Waals surface area contributed by atoms with Crippen LogP contribution in [0.25, 0.3) is 16.7 Å². The molecule has 0 saturated heterocycles. The molecule has 9 heteroatoms. The maximum absolute atomic E-state index is 14.4. The van der Waals surface area contributed by atoms with Crippen LogP contribution >= 0.6 is 0 Å². The third-order valence-electron chi connectivity index (χ3n) is 3.60. The fraction of sp³-hybridized carbons (Fsp3) is 0.200. The molecule has 24 heavy (non-hydrogen) atoms. The Morgan fingerprint density at radius 2 is 2.17 bits per heavy atom. The van der Waals surface area contributed by atoms with Crippen LogP contribution < -0.4 is 9.46 Å². The average Bonchev–Trinajstić information content (AvgIpc) is 2.94. The molecule has 0 amide bonds. The summed E-state index contributed by atoms with van der Waals surface area (Å²) in [5.41, 5.74) is 2.85. The van der Waals surface area contributed by atoms with E-state index >= 15 is 0 Å². The van der Waals surface area contributed by atoms with Crippen molar-refractivity contribution in [3.8, 4) is 11.4 Å². The smallest absolute Gasteiger partial charge is 0.149 e. The molecule has 1 N–H and O–H groups in total. The van der Waals surface area contributed by atoms with Crippen molar-refractivity contribution < 1.29 is 17.9 Å². The van der Waals surface area contributed by atoms with E-state index in [0.29, 0.717) is 22.3 Å². The van der Waals surface area contributed by atoms with Crippen LogP contribution in [0.5, 0.6) is 5.75 Å². The van der Waals surface area contributed by atoms with Crippen molar-refractivity contribution >= 4 is 22.3 Å². The van der Waals surface area contributed by atoms with Crippen molar-refractivity contribution in [1.29, 1.82) is 0 Å². The molecule has 0 aliphatic rings. The number of benzene rings is 2. The van der Waals surface area contributed by atoms with E-state index in [1.807, 2.05) is 13.0 Å². The number of nitrogens with zero attached hydrogens (tertiary/aromatic N) is 3. The SMILES string of the molecule is COc1cc2nnn(-c3ccc(CNS(=O)[O-])cc3F)c2cc1C. The Hall–Kier alpha value is -2.36. The largest absolute Gasteiger partial charge is 0.760 e. The van der Waals surface area contributed by atoms with Crippen molar-refractivity contribution in [3.63, 3.8) is 0 Å². The highest BCUT2D eigenvalue weighted by molar-refractivity contribution is 7.77. The van der Waals surface area contributed by atoms with Crippen molar-refractivity contribution in [3.05, 3.63) is 47.3 Å². The number of ether oxygens (including phenoxy) is 1. The van der Waals surface area contributed by atoms with Gasteiger partial charge in [-0.3, -0.25) is 4.21 Å². The number of fused-ring (bicyclic) bond motifs is 1. The molecule has 0 saturated carbocycles. The number of aromatic nitrogens is 3. The van der Waals surface area contributed by atoms with Gasteiger partial charge in [0, 0.05) is 23.9 Å². The van der Waals surface area contributed by atoms with E-state index in [4.69, 9.17) is 4.74 Å². The van der Waals surface area contributed by atoms with Gasteiger partial charge < -0.3 is 9.29 Å². The normalized spacial score (nSPS) is 12.5. The van der Waals surface area contributed by atoms with Crippen LogP contribution in [0.15, 0.2) is 30.3 Å². The van der Waals surface area contributed by atoms with Crippen LogP contribution in [0.4, 0.5) is 4.39 Å². The molecule has 0 fully saturated rings. The van der Waals surface area contributed by atoms with Gasteiger partial charge in [-0.25, -0.2) is 13.8 Å². The second-order valence-corrected chi connectivity index (χ2v) is 5.91. The highest BCUT2D eigenvalue weighted by Gasteiger charge is 2.13. The van der Waals surface area contributed by atoms with Crippen LogP contribution in [0.1, 0.15) is 11.1 Å². The van der Waals surface area contributed by atoms with Crippen molar-refractivity contribution in [2.45, 2.75) is 13.5 Å². The molecule has 1 atom stereocenters. The molecule has 7 nitrogen and oxygen atoms in total. The van der Waals surface area contributed by atoms with E-state index in [0.717, 1.165) is 5.56 Å². The Balaban J connectivity index is 2.01. The van der Waals surface area contributed by atoms with Gasteiger partial charge >= 0.3 is 0 Å². The second kappa shape index (κ2) is 6.63. The highest BCUT2D eigenvalue weighted by atomic mass is 32.2.